The molecule has 6 heteroatoms. The molecule has 0 aliphatic heterocycles. The largest absolute Gasteiger partial charge is 0.334 e. The van der Waals surface area contributed by atoms with Crippen molar-refractivity contribution in [2.75, 3.05) is 4.90 Å². The molecule has 0 saturated heterocycles. The second-order valence-corrected chi connectivity index (χ2v) is 8.73. The first kappa shape index (κ1) is 22.5. The summed E-state index contributed by atoms with van der Waals surface area (Å²) in [5.41, 5.74) is 3.52. The van der Waals surface area contributed by atoms with Crippen molar-refractivity contribution in [1.29, 1.82) is 15.8 Å². The van der Waals surface area contributed by atoms with E-state index in [1.54, 1.807) is 24.5 Å². The Morgan fingerprint density at radius 2 is 1.31 bits per heavy atom. The highest BCUT2D eigenvalue weighted by molar-refractivity contribution is 5.63. The van der Waals surface area contributed by atoms with Gasteiger partial charge in [0, 0.05) is 12.2 Å². The van der Waals surface area contributed by atoms with Crippen molar-refractivity contribution in [3.63, 3.8) is 0 Å². The molecule has 6 nitrogen and oxygen atoms in total. The zero-order valence-electron chi connectivity index (χ0n) is 18.7. The van der Waals surface area contributed by atoms with Crippen LogP contribution in [0.25, 0.3) is 0 Å². The average Bonchev–Trinajstić information content (AvgIpc) is 2.83. The van der Waals surface area contributed by atoms with Crippen molar-refractivity contribution in [3.8, 4) is 18.2 Å². The molecular weight excluding hydrogens is 396 g/mol. The third kappa shape index (κ3) is 4.75. The lowest BCUT2D eigenvalue weighted by Gasteiger charge is -2.27. The van der Waals surface area contributed by atoms with Crippen LogP contribution in [0.5, 0.6) is 0 Å². The van der Waals surface area contributed by atoms with Gasteiger partial charge in [0.2, 0.25) is 0 Å². The van der Waals surface area contributed by atoms with Crippen LogP contribution in [0, 0.1) is 34.0 Å². The van der Waals surface area contributed by atoms with Gasteiger partial charge < -0.3 is 4.90 Å². The van der Waals surface area contributed by atoms with Gasteiger partial charge in [0.25, 0.3) is 0 Å². The lowest BCUT2D eigenvalue weighted by atomic mass is 9.79. The second-order valence-electron chi connectivity index (χ2n) is 8.73. The van der Waals surface area contributed by atoms with Crippen LogP contribution in [0.1, 0.15) is 49.9 Å². The highest BCUT2D eigenvalue weighted by atomic mass is 15.1. The number of benzene rings is 2. The van der Waals surface area contributed by atoms with E-state index in [0.717, 1.165) is 28.1 Å². The second kappa shape index (κ2) is 8.88. The van der Waals surface area contributed by atoms with E-state index in [4.69, 9.17) is 5.26 Å². The van der Waals surface area contributed by atoms with Crippen LogP contribution in [0.4, 0.5) is 11.4 Å². The summed E-state index contributed by atoms with van der Waals surface area (Å²) in [6.45, 7) is 7.97. The van der Waals surface area contributed by atoms with Crippen LogP contribution < -0.4 is 4.90 Å². The van der Waals surface area contributed by atoms with Gasteiger partial charge in [0.05, 0.1) is 52.7 Å². The van der Waals surface area contributed by atoms with Gasteiger partial charge in [-0.15, -0.1) is 0 Å². The van der Waals surface area contributed by atoms with E-state index in [2.05, 4.69) is 28.2 Å². The maximum absolute atomic E-state index is 9.71. The lowest BCUT2D eigenvalue weighted by Crippen LogP contribution is -2.22. The highest BCUT2D eigenvalue weighted by Gasteiger charge is 2.26. The van der Waals surface area contributed by atoms with Crippen LogP contribution in [0.3, 0.4) is 0 Å². The molecule has 0 saturated carbocycles. The monoisotopic (exact) mass is 420 g/mol. The molecule has 1 aromatic heterocycles. The van der Waals surface area contributed by atoms with Gasteiger partial charge in [-0.3, -0.25) is 0 Å². The Morgan fingerprint density at radius 3 is 1.78 bits per heavy atom. The molecule has 2 aromatic carbocycles. The maximum atomic E-state index is 9.71. The average molecular weight is 421 g/mol. The minimum absolute atomic E-state index is 0.475. The van der Waals surface area contributed by atoms with E-state index in [1.807, 2.05) is 62.9 Å². The van der Waals surface area contributed by atoms with E-state index in [-0.39, 0.29) is 0 Å². The quantitative estimate of drug-likeness (QED) is 0.537. The molecular formula is C26H24N6. The predicted molar refractivity (Wildman–Crippen MR) is 123 cm³/mol. The van der Waals surface area contributed by atoms with Crippen molar-refractivity contribution in [3.05, 3.63) is 83.4 Å². The van der Waals surface area contributed by atoms with E-state index >= 15 is 0 Å². The standard InChI is InChI=1S/C26H24N6/c1-25(2,16-28)21-9-20(10-22(11-21)26(3,4)17-29)15-32(24-13-30-18-31-14-24)23-7-5-19(12-27)6-8-23/h5-11,13-14,18H,15H2,1-4H3. The lowest BCUT2D eigenvalue weighted by molar-refractivity contribution is 0.658. The minimum Gasteiger partial charge on any atom is -0.334 e. The van der Waals surface area contributed by atoms with Crippen LogP contribution in [-0.2, 0) is 17.4 Å². The van der Waals surface area contributed by atoms with Crippen molar-refractivity contribution >= 4 is 11.4 Å². The van der Waals surface area contributed by atoms with E-state index in [1.165, 1.54) is 6.33 Å². The van der Waals surface area contributed by atoms with Gasteiger partial charge in [-0.1, -0.05) is 18.2 Å². The normalized spacial score (nSPS) is 11.2. The molecule has 0 bridgehead atoms. The summed E-state index contributed by atoms with van der Waals surface area (Å²) < 4.78 is 0. The Kier molecular flexibility index (Phi) is 6.24. The van der Waals surface area contributed by atoms with E-state index in [9.17, 15) is 10.5 Å². The molecule has 0 aliphatic rings. The SMILES string of the molecule is CC(C)(C#N)c1cc(CN(c2ccc(C#N)cc2)c2cncnc2)cc(C(C)(C)C#N)c1. The van der Waals surface area contributed by atoms with E-state index < -0.39 is 10.8 Å². The third-order valence-corrected chi connectivity index (χ3v) is 5.50. The molecule has 158 valence electrons. The maximum Gasteiger partial charge on any atom is 0.115 e. The number of nitriles is 3. The first-order chi connectivity index (χ1) is 15.2. The number of hydrogen-bond donors (Lipinski definition) is 0. The minimum atomic E-state index is -0.703. The molecule has 3 rings (SSSR count). The summed E-state index contributed by atoms with van der Waals surface area (Å²) in [4.78, 5) is 10.4. The van der Waals surface area contributed by atoms with Crippen LogP contribution in [0.2, 0.25) is 0 Å². The summed E-state index contributed by atoms with van der Waals surface area (Å²) in [5, 5.41) is 28.6. The molecule has 0 N–H and O–H groups in total. The first-order valence-corrected chi connectivity index (χ1v) is 10.2. The number of hydrogen-bond acceptors (Lipinski definition) is 6. The van der Waals surface area contributed by atoms with Crippen LogP contribution >= 0.6 is 0 Å². The zero-order chi connectivity index (χ0) is 23.4. The summed E-state index contributed by atoms with van der Waals surface area (Å²) in [6.07, 6.45) is 4.94. The van der Waals surface area contributed by atoms with Gasteiger partial charge in [0.15, 0.2) is 0 Å². The molecule has 0 aliphatic carbocycles. The Bertz CT molecular complexity index is 1180. The Hall–Kier alpha value is -4.21. The van der Waals surface area contributed by atoms with Gasteiger partial charge in [-0.25, -0.2) is 9.97 Å². The van der Waals surface area contributed by atoms with Crippen LogP contribution in [-0.4, -0.2) is 9.97 Å². The summed E-state index contributed by atoms with van der Waals surface area (Å²) >= 11 is 0. The molecule has 3 aromatic rings. The Morgan fingerprint density at radius 1 is 0.781 bits per heavy atom. The fraction of sp³-hybridized carbons (Fsp3) is 0.269. The molecule has 0 spiro atoms. The highest BCUT2D eigenvalue weighted by Crippen LogP contribution is 2.33. The fourth-order valence-corrected chi connectivity index (χ4v) is 3.29. The fourth-order valence-electron chi connectivity index (χ4n) is 3.29. The molecule has 0 amide bonds. The summed E-state index contributed by atoms with van der Waals surface area (Å²) in [6, 6.07) is 20.2. The zero-order valence-corrected chi connectivity index (χ0v) is 18.7. The van der Waals surface area contributed by atoms with Crippen molar-refractivity contribution < 1.29 is 0 Å². The topological polar surface area (TPSA) is 100 Å². The van der Waals surface area contributed by atoms with Gasteiger partial charge in [-0.2, -0.15) is 15.8 Å². The number of aromatic nitrogens is 2. The van der Waals surface area contributed by atoms with Crippen molar-refractivity contribution in [1.82, 2.24) is 9.97 Å². The molecule has 0 atom stereocenters. The third-order valence-electron chi connectivity index (χ3n) is 5.50. The van der Waals surface area contributed by atoms with Gasteiger partial charge in [0.1, 0.15) is 6.33 Å². The summed E-state index contributed by atoms with van der Waals surface area (Å²) in [5.74, 6) is 0. The Labute approximate surface area is 189 Å². The van der Waals surface area contributed by atoms with E-state index in [0.29, 0.717) is 12.1 Å². The van der Waals surface area contributed by atoms with Crippen molar-refractivity contribution in [2.45, 2.75) is 45.1 Å². The number of anilines is 2. The molecule has 0 unspecified atom stereocenters. The van der Waals surface area contributed by atoms with Crippen LogP contribution in [0.15, 0.2) is 61.2 Å². The first-order valence-electron chi connectivity index (χ1n) is 10.2. The van der Waals surface area contributed by atoms with Gasteiger partial charge >= 0.3 is 0 Å². The van der Waals surface area contributed by atoms with Crippen molar-refractivity contribution in [2.24, 2.45) is 0 Å². The molecule has 1 heterocycles. The molecule has 0 radical (unpaired) electrons. The Balaban J connectivity index is 2.14. The summed E-state index contributed by atoms with van der Waals surface area (Å²) in [7, 11) is 0. The van der Waals surface area contributed by atoms with Gasteiger partial charge in [-0.05, 0) is 68.7 Å². The predicted octanol–water partition coefficient (Wildman–Crippen LogP) is 5.29. The molecule has 32 heavy (non-hydrogen) atoms. The number of rotatable bonds is 6. The smallest absolute Gasteiger partial charge is 0.115 e. The number of nitrogens with zero attached hydrogens (tertiary/aromatic N) is 6. The molecule has 0 fully saturated rings.